The van der Waals surface area contributed by atoms with E-state index in [-0.39, 0.29) is 33.8 Å². The van der Waals surface area contributed by atoms with Crippen LogP contribution >= 0.6 is 0 Å². The van der Waals surface area contributed by atoms with Crippen LogP contribution < -0.4 is 14.9 Å². The lowest BCUT2D eigenvalue weighted by Crippen LogP contribution is -2.64. The van der Waals surface area contributed by atoms with Gasteiger partial charge in [-0.2, -0.15) is 0 Å². The molecule has 6 rings (SSSR count). The molecule has 1 aromatic heterocycles. The minimum atomic E-state index is -1.98. The van der Waals surface area contributed by atoms with E-state index in [1.54, 1.807) is 0 Å². The Labute approximate surface area is 317 Å². The summed E-state index contributed by atoms with van der Waals surface area (Å²) in [6, 6.07) is 7.90. The summed E-state index contributed by atoms with van der Waals surface area (Å²) in [6.45, 7) is 3.29. The molecule has 0 radical (unpaired) electrons. The summed E-state index contributed by atoms with van der Waals surface area (Å²) in [5, 5.41) is 95.3. The first-order valence-corrected chi connectivity index (χ1v) is 17.5. The third kappa shape index (κ3) is 8.14. The highest BCUT2D eigenvalue weighted by molar-refractivity contribution is 5.88. The fraction of sp³-hybridized carbons (Fsp3) is 0.556. The average molecular weight is 797 g/mol. The molecule has 308 valence electrons. The Morgan fingerprint density at radius 3 is 2.05 bits per heavy atom. The van der Waals surface area contributed by atoms with Crippen LogP contribution in [0.15, 0.2) is 45.6 Å². The molecule has 0 saturated carbocycles. The molecule has 20 heteroatoms. The molecule has 2 aromatic carbocycles. The minimum Gasteiger partial charge on any atom is -0.508 e. The van der Waals surface area contributed by atoms with Gasteiger partial charge >= 0.3 is 5.97 Å². The molecular formula is C36H44O20. The average Bonchev–Trinajstić information content (AvgIpc) is 3.16. The van der Waals surface area contributed by atoms with Gasteiger partial charge < -0.3 is 88.3 Å². The number of benzene rings is 2. The molecule has 4 heterocycles. The highest BCUT2D eigenvalue weighted by Crippen LogP contribution is 2.38. The van der Waals surface area contributed by atoms with Gasteiger partial charge in [-0.25, -0.2) is 0 Å². The molecule has 0 unspecified atom stereocenters. The number of aromatic hydroxyl groups is 2. The highest BCUT2D eigenvalue weighted by atomic mass is 16.8. The van der Waals surface area contributed by atoms with Gasteiger partial charge in [0.05, 0.1) is 25.9 Å². The smallest absolute Gasteiger partial charge is 0.303 e. The Morgan fingerprint density at radius 1 is 0.750 bits per heavy atom. The number of esters is 1. The first-order chi connectivity index (χ1) is 26.5. The zero-order valence-corrected chi connectivity index (χ0v) is 30.3. The fourth-order valence-corrected chi connectivity index (χ4v) is 6.66. The second-order valence-electron chi connectivity index (χ2n) is 13.7. The first-order valence-electron chi connectivity index (χ1n) is 17.5. The molecule has 0 aliphatic carbocycles. The van der Waals surface area contributed by atoms with Gasteiger partial charge in [0.2, 0.25) is 17.5 Å². The number of ether oxygens (including phenoxy) is 8. The maximum absolute atomic E-state index is 13.9. The van der Waals surface area contributed by atoms with Crippen molar-refractivity contribution < 1.29 is 93.1 Å². The lowest BCUT2D eigenvalue weighted by molar-refractivity contribution is -0.359. The van der Waals surface area contributed by atoms with E-state index in [9.17, 15) is 55.5 Å². The van der Waals surface area contributed by atoms with Crippen LogP contribution in [-0.2, 0) is 33.2 Å². The van der Waals surface area contributed by atoms with Crippen LogP contribution in [0.5, 0.6) is 23.0 Å². The first kappa shape index (κ1) is 41.5. The van der Waals surface area contributed by atoms with E-state index in [2.05, 4.69) is 0 Å². The van der Waals surface area contributed by atoms with E-state index in [1.165, 1.54) is 51.3 Å². The molecule has 3 saturated heterocycles. The Hall–Kier alpha value is -4.16. The summed E-state index contributed by atoms with van der Waals surface area (Å²) in [4.78, 5) is 25.9. The van der Waals surface area contributed by atoms with E-state index in [0.717, 1.165) is 13.0 Å². The number of rotatable bonds is 10. The summed E-state index contributed by atoms with van der Waals surface area (Å²) in [5.41, 5.74) is -0.832. The van der Waals surface area contributed by atoms with Crippen molar-refractivity contribution in [2.75, 3.05) is 13.7 Å². The van der Waals surface area contributed by atoms with Gasteiger partial charge in [0.25, 0.3) is 0 Å². The zero-order valence-electron chi connectivity index (χ0n) is 30.3. The normalized spacial score (nSPS) is 36.2. The third-order valence-electron chi connectivity index (χ3n) is 9.75. The van der Waals surface area contributed by atoms with Crippen molar-refractivity contribution in [1.29, 1.82) is 0 Å². The lowest BCUT2D eigenvalue weighted by Gasteiger charge is -2.46. The summed E-state index contributed by atoms with van der Waals surface area (Å²) in [5.74, 6) is -2.09. The Morgan fingerprint density at radius 2 is 1.39 bits per heavy atom. The molecule has 3 aliphatic heterocycles. The van der Waals surface area contributed by atoms with Gasteiger partial charge in [0.15, 0.2) is 24.4 Å². The molecular weight excluding hydrogens is 752 g/mol. The van der Waals surface area contributed by atoms with Gasteiger partial charge in [-0.1, -0.05) is 0 Å². The van der Waals surface area contributed by atoms with Gasteiger partial charge in [-0.15, -0.1) is 0 Å². The predicted molar refractivity (Wildman–Crippen MR) is 184 cm³/mol. The maximum Gasteiger partial charge on any atom is 0.303 e. The molecule has 9 N–H and O–H groups in total. The molecule has 3 aromatic rings. The molecule has 0 spiro atoms. The van der Waals surface area contributed by atoms with Crippen molar-refractivity contribution in [3.8, 4) is 34.3 Å². The molecule has 3 aliphatic rings. The van der Waals surface area contributed by atoms with E-state index in [1.807, 2.05) is 0 Å². The molecule has 0 amide bonds. The summed E-state index contributed by atoms with van der Waals surface area (Å²) < 4.78 is 51.0. The molecule has 15 atom stereocenters. The summed E-state index contributed by atoms with van der Waals surface area (Å²) in [7, 11) is 1.34. The lowest BCUT2D eigenvalue weighted by atomic mass is 9.97. The Balaban J connectivity index is 1.25. The van der Waals surface area contributed by atoms with Gasteiger partial charge in [0.1, 0.15) is 83.2 Å². The predicted octanol–water partition coefficient (Wildman–Crippen LogP) is -1.67. The second-order valence-corrected chi connectivity index (χ2v) is 13.7. The van der Waals surface area contributed by atoms with Crippen LogP contribution in [0.2, 0.25) is 0 Å². The number of phenols is 2. The van der Waals surface area contributed by atoms with E-state index < -0.39 is 122 Å². The van der Waals surface area contributed by atoms with Gasteiger partial charge in [-0.3, -0.25) is 9.59 Å². The van der Waals surface area contributed by atoms with Gasteiger partial charge in [0, 0.05) is 24.6 Å². The summed E-state index contributed by atoms with van der Waals surface area (Å²) in [6.07, 6.45) is -24.1. The van der Waals surface area contributed by atoms with Crippen molar-refractivity contribution in [2.45, 2.75) is 113 Å². The van der Waals surface area contributed by atoms with Crippen LogP contribution in [0, 0.1) is 0 Å². The number of methoxy groups -OCH3 is 1. The van der Waals surface area contributed by atoms with E-state index in [0.29, 0.717) is 0 Å². The van der Waals surface area contributed by atoms with Gasteiger partial charge in [-0.05, 0) is 38.1 Å². The largest absolute Gasteiger partial charge is 0.508 e. The van der Waals surface area contributed by atoms with Crippen molar-refractivity contribution in [2.24, 2.45) is 0 Å². The molecule has 56 heavy (non-hydrogen) atoms. The standard InChI is InChI=1S/C36H44O20/c1-12-22(40)25(43)27(45)35(50-12)56-33-29(47)34(51-13(2)30(33)52-14(3)37)49-11-20-23(41)26(44)28(46)36(54-20)55-32-24(42)21-18(39)9-17(48-4)10-19(21)53-31(32)15-5-7-16(38)8-6-15/h5-10,12-13,20,22-23,25-30,33-36,38-41,43-47H,11H2,1-4H3/t12-,13-,20+,22-,23-,25-,26-,27+,28+,29+,30-,33+,34+,35-,36-/m0/s1. The monoisotopic (exact) mass is 796 g/mol. The van der Waals surface area contributed by atoms with Crippen LogP contribution in [0.4, 0.5) is 0 Å². The molecule has 3 fully saturated rings. The SMILES string of the molecule is COc1cc(O)c2c(=O)c(O[C@@H]3O[C@H](CO[C@@H]4O[C@@H](C)[C@H](OC(C)=O)[C@H](O[C@@H]5O[C@@H](C)[C@H](O)[C@H](O)[C@H]5O)[C@H]4O)[C@H](O)[C@H](O)[C@H]3O)c(-c3ccc(O)cc3)oc2c1. The van der Waals surface area contributed by atoms with E-state index in [4.69, 9.17) is 42.3 Å². The minimum absolute atomic E-state index is 0.111. The molecule has 0 bridgehead atoms. The van der Waals surface area contributed by atoms with Crippen molar-refractivity contribution in [3.63, 3.8) is 0 Å². The number of hydrogen-bond acceptors (Lipinski definition) is 20. The topological polar surface area (TPSA) is 303 Å². The number of hydrogen-bond donors (Lipinski definition) is 9. The van der Waals surface area contributed by atoms with Crippen LogP contribution in [0.25, 0.3) is 22.3 Å². The van der Waals surface area contributed by atoms with Crippen LogP contribution in [-0.4, -0.2) is 158 Å². The highest BCUT2D eigenvalue weighted by Gasteiger charge is 2.52. The van der Waals surface area contributed by atoms with Crippen LogP contribution in [0.3, 0.4) is 0 Å². The van der Waals surface area contributed by atoms with E-state index >= 15 is 0 Å². The second kappa shape index (κ2) is 16.7. The maximum atomic E-state index is 13.9. The Kier molecular flexibility index (Phi) is 12.4. The van der Waals surface area contributed by atoms with Crippen molar-refractivity contribution in [1.82, 2.24) is 0 Å². The van der Waals surface area contributed by atoms with Crippen molar-refractivity contribution in [3.05, 3.63) is 46.6 Å². The van der Waals surface area contributed by atoms with Crippen LogP contribution in [0.1, 0.15) is 20.8 Å². The zero-order chi connectivity index (χ0) is 40.7. The number of aliphatic hydroxyl groups is 7. The Bertz CT molecular complexity index is 1900. The number of carbonyl (C=O) groups is 1. The number of fused-ring (bicyclic) bond motifs is 1. The third-order valence-corrected chi connectivity index (χ3v) is 9.75. The van der Waals surface area contributed by atoms with Crippen molar-refractivity contribution >= 4 is 16.9 Å². The summed E-state index contributed by atoms with van der Waals surface area (Å²) >= 11 is 0. The quantitative estimate of drug-likeness (QED) is 0.104. The molecule has 20 nitrogen and oxygen atoms in total. The number of carbonyl (C=O) groups excluding carboxylic acids is 1. The number of aliphatic hydroxyl groups excluding tert-OH is 7. The fourth-order valence-electron chi connectivity index (χ4n) is 6.66. The number of phenolic OH excluding ortho intramolecular Hbond substituents is 2.